The molecule has 0 saturated heterocycles. The molecule has 98 valence electrons. The molecule has 0 fully saturated rings. The Balaban J connectivity index is 2.22. The third-order valence-electron chi connectivity index (χ3n) is 2.55. The summed E-state index contributed by atoms with van der Waals surface area (Å²) in [5.74, 6) is 0.772. The van der Waals surface area contributed by atoms with Gasteiger partial charge < -0.3 is 5.32 Å². The molecule has 19 heavy (non-hydrogen) atoms. The summed E-state index contributed by atoms with van der Waals surface area (Å²) >= 11 is 7.72. The largest absolute Gasteiger partial charge is 0.321 e. The van der Waals surface area contributed by atoms with Crippen molar-refractivity contribution < 1.29 is 4.79 Å². The van der Waals surface area contributed by atoms with Crippen molar-refractivity contribution in [3.63, 3.8) is 0 Å². The maximum atomic E-state index is 12.2. The molecular formula is C15H14ClNOS. The highest BCUT2D eigenvalue weighted by molar-refractivity contribution is 7.99. The molecule has 0 spiro atoms. The van der Waals surface area contributed by atoms with Crippen molar-refractivity contribution in [1.29, 1.82) is 0 Å². The van der Waals surface area contributed by atoms with Crippen molar-refractivity contribution in [3.05, 3.63) is 59.1 Å². The van der Waals surface area contributed by atoms with E-state index in [2.05, 4.69) is 12.2 Å². The van der Waals surface area contributed by atoms with Gasteiger partial charge in [-0.05, 0) is 30.0 Å². The Morgan fingerprint density at radius 2 is 1.84 bits per heavy atom. The van der Waals surface area contributed by atoms with Gasteiger partial charge in [-0.3, -0.25) is 4.79 Å². The summed E-state index contributed by atoms with van der Waals surface area (Å²) in [5.41, 5.74) is 1.31. The van der Waals surface area contributed by atoms with E-state index in [0.29, 0.717) is 10.6 Å². The first kappa shape index (κ1) is 14.0. The van der Waals surface area contributed by atoms with Gasteiger partial charge in [-0.1, -0.05) is 42.8 Å². The second-order valence-corrected chi connectivity index (χ2v) is 5.58. The van der Waals surface area contributed by atoms with Crippen molar-refractivity contribution in [2.75, 3.05) is 11.1 Å². The van der Waals surface area contributed by atoms with Gasteiger partial charge in [0.05, 0.1) is 16.3 Å². The minimum Gasteiger partial charge on any atom is -0.321 e. The van der Waals surface area contributed by atoms with Crippen LogP contribution in [0, 0.1) is 0 Å². The Labute approximate surface area is 122 Å². The molecule has 0 atom stereocenters. The van der Waals surface area contributed by atoms with Crippen LogP contribution in [0.4, 0.5) is 5.69 Å². The van der Waals surface area contributed by atoms with E-state index in [-0.39, 0.29) is 5.91 Å². The van der Waals surface area contributed by atoms with Crippen LogP contribution in [0.1, 0.15) is 17.3 Å². The molecule has 0 aliphatic rings. The molecule has 0 heterocycles. The van der Waals surface area contributed by atoms with Crippen LogP contribution < -0.4 is 5.32 Å². The van der Waals surface area contributed by atoms with Gasteiger partial charge in [0.25, 0.3) is 5.91 Å². The molecular weight excluding hydrogens is 278 g/mol. The first-order valence-electron chi connectivity index (χ1n) is 6.00. The van der Waals surface area contributed by atoms with Gasteiger partial charge in [-0.2, -0.15) is 0 Å². The summed E-state index contributed by atoms with van der Waals surface area (Å²) in [6.07, 6.45) is 0. The fourth-order valence-corrected chi connectivity index (χ4v) is 2.67. The number of rotatable bonds is 4. The van der Waals surface area contributed by atoms with Crippen LogP contribution in [0.15, 0.2) is 53.4 Å². The third kappa shape index (κ3) is 3.52. The van der Waals surface area contributed by atoms with Crippen LogP contribution in [-0.4, -0.2) is 11.7 Å². The van der Waals surface area contributed by atoms with Crippen molar-refractivity contribution in [3.8, 4) is 0 Å². The molecule has 0 aliphatic carbocycles. The normalized spacial score (nSPS) is 10.2. The molecule has 0 bridgehead atoms. The van der Waals surface area contributed by atoms with E-state index in [4.69, 9.17) is 11.6 Å². The molecule has 1 N–H and O–H groups in total. The maximum absolute atomic E-state index is 12.2. The molecule has 2 nitrogen and oxygen atoms in total. The highest BCUT2D eigenvalue weighted by Crippen LogP contribution is 2.27. The van der Waals surface area contributed by atoms with E-state index in [1.165, 1.54) is 0 Å². The van der Waals surface area contributed by atoms with E-state index in [1.54, 1.807) is 36.0 Å². The molecule has 1 amide bonds. The Morgan fingerprint density at radius 3 is 2.58 bits per heavy atom. The van der Waals surface area contributed by atoms with Crippen LogP contribution in [-0.2, 0) is 0 Å². The average molecular weight is 292 g/mol. The fourth-order valence-electron chi connectivity index (χ4n) is 1.69. The zero-order valence-electron chi connectivity index (χ0n) is 10.5. The van der Waals surface area contributed by atoms with Crippen molar-refractivity contribution >= 4 is 35.0 Å². The molecule has 0 aliphatic heterocycles. The fraction of sp³-hybridized carbons (Fsp3) is 0.133. The van der Waals surface area contributed by atoms with Gasteiger partial charge >= 0.3 is 0 Å². The Kier molecular flexibility index (Phi) is 4.88. The smallest absolute Gasteiger partial charge is 0.257 e. The summed E-state index contributed by atoms with van der Waals surface area (Å²) in [6.45, 7) is 2.08. The molecule has 2 aromatic rings. The number of halogens is 1. The van der Waals surface area contributed by atoms with Crippen molar-refractivity contribution in [2.45, 2.75) is 11.8 Å². The summed E-state index contributed by atoms with van der Waals surface area (Å²) < 4.78 is 0. The number of carbonyl (C=O) groups excluding carboxylic acids is 1. The van der Waals surface area contributed by atoms with Gasteiger partial charge in [-0.15, -0.1) is 11.8 Å². The number of amides is 1. The number of hydrogen-bond acceptors (Lipinski definition) is 2. The number of para-hydroxylation sites is 1. The first-order valence-corrected chi connectivity index (χ1v) is 7.36. The quantitative estimate of drug-likeness (QED) is 0.827. The zero-order chi connectivity index (χ0) is 13.7. The summed E-state index contributed by atoms with van der Waals surface area (Å²) in [7, 11) is 0. The van der Waals surface area contributed by atoms with E-state index < -0.39 is 0 Å². The van der Waals surface area contributed by atoms with Gasteiger partial charge in [0.1, 0.15) is 0 Å². The number of hydrogen-bond donors (Lipinski definition) is 1. The average Bonchev–Trinajstić information content (AvgIpc) is 2.41. The highest BCUT2D eigenvalue weighted by Gasteiger charge is 2.11. The van der Waals surface area contributed by atoms with Crippen LogP contribution in [0.3, 0.4) is 0 Å². The standard InChI is InChI=1S/C15H14ClNOS/c1-2-19-14-10-6-5-9-13(14)17-15(18)11-7-3-4-8-12(11)16/h3-10H,2H2,1H3,(H,17,18). The molecule has 0 aromatic heterocycles. The Bertz CT molecular complexity index is 586. The van der Waals surface area contributed by atoms with E-state index >= 15 is 0 Å². The minimum atomic E-state index is -0.185. The first-order chi connectivity index (χ1) is 9.22. The third-order valence-corrected chi connectivity index (χ3v) is 3.84. The monoisotopic (exact) mass is 291 g/mol. The number of nitrogens with one attached hydrogen (secondary N) is 1. The van der Waals surface area contributed by atoms with Crippen LogP contribution >= 0.6 is 23.4 Å². The molecule has 2 aromatic carbocycles. The van der Waals surface area contributed by atoms with Crippen LogP contribution in [0.25, 0.3) is 0 Å². The van der Waals surface area contributed by atoms with Crippen molar-refractivity contribution in [1.82, 2.24) is 0 Å². The van der Waals surface area contributed by atoms with E-state index in [9.17, 15) is 4.79 Å². The van der Waals surface area contributed by atoms with Gasteiger partial charge in [0.15, 0.2) is 0 Å². The second-order valence-electron chi connectivity index (χ2n) is 3.86. The van der Waals surface area contributed by atoms with E-state index in [0.717, 1.165) is 16.3 Å². The Morgan fingerprint density at radius 1 is 1.16 bits per heavy atom. The molecule has 0 saturated carbocycles. The predicted molar refractivity (Wildman–Crippen MR) is 82.2 cm³/mol. The molecule has 2 rings (SSSR count). The summed E-state index contributed by atoms with van der Waals surface area (Å²) in [4.78, 5) is 13.2. The summed E-state index contributed by atoms with van der Waals surface area (Å²) in [6, 6.07) is 14.8. The lowest BCUT2D eigenvalue weighted by molar-refractivity contribution is 0.102. The number of anilines is 1. The van der Waals surface area contributed by atoms with Gasteiger partial charge in [0.2, 0.25) is 0 Å². The van der Waals surface area contributed by atoms with Gasteiger partial charge in [0, 0.05) is 4.90 Å². The van der Waals surface area contributed by atoms with Gasteiger partial charge in [-0.25, -0.2) is 0 Å². The SMILES string of the molecule is CCSc1ccccc1NC(=O)c1ccccc1Cl. The molecule has 0 unspecified atom stereocenters. The summed E-state index contributed by atoms with van der Waals surface area (Å²) in [5, 5.41) is 3.37. The lowest BCUT2D eigenvalue weighted by atomic mass is 10.2. The van der Waals surface area contributed by atoms with Crippen molar-refractivity contribution in [2.24, 2.45) is 0 Å². The van der Waals surface area contributed by atoms with E-state index in [1.807, 2.05) is 24.3 Å². The molecule has 4 heteroatoms. The predicted octanol–water partition coefficient (Wildman–Crippen LogP) is 4.70. The zero-order valence-corrected chi connectivity index (χ0v) is 12.1. The second kappa shape index (κ2) is 6.64. The van der Waals surface area contributed by atoms with Crippen LogP contribution in [0.2, 0.25) is 5.02 Å². The maximum Gasteiger partial charge on any atom is 0.257 e. The lowest BCUT2D eigenvalue weighted by Gasteiger charge is -2.10. The minimum absolute atomic E-state index is 0.185. The number of benzene rings is 2. The van der Waals surface area contributed by atoms with Crippen LogP contribution in [0.5, 0.6) is 0 Å². The number of thioether (sulfide) groups is 1. The number of carbonyl (C=O) groups is 1. The molecule has 0 radical (unpaired) electrons. The highest BCUT2D eigenvalue weighted by atomic mass is 35.5. The lowest BCUT2D eigenvalue weighted by Crippen LogP contribution is -2.12. The topological polar surface area (TPSA) is 29.1 Å². The Hall–Kier alpha value is -1.45.